The second-order valence-corrected chi connectivity index (χ2v) is 9.10. The van der Waals surface area contributed by atoms with Gasteiger partial charge < -0.3 is 14.6 Å². The van der Waals surface area contributed by atoms with Crippen molar-refractivity contribution in [2.24, 2.45) is 0 Å². The molecular formula is C32H34O4. The Bertz CT molecular complexity index is 1560. The summed E-state index contributed by atoms with van der Waals surface area (Å²) in [5.74, 6) is 1.22. The van der Waals surface area contributed by atoms with E-state index in [9.17, 15) is 4.79 Å². The zero-order chi connectivity index (χ0) is 25.5. The van der Waals surface area contributed by atoms with E-state index in [2.05, 4.69) is 66.7 Å². The number of unbranched alkanes of at least 4 members (excludes halogenated alkanes) is 2. The fourth-order valence-electron chi connectivity index (χ4n) is 4.48. The van der Waals surface area contributed by atoms with Crippen molar-refractivity contribution in [3.05, 3.63) is 105 Å². The van der Waals surface area contributed by atoms with Crippen LogP contribution in [0.25, 0.3) is 10.8 Å². The average Bonchev–Trinajstić information content (AvgIpc) is 2.88. The van der Waals surface area contributed by atoms with Crippen LogP contribution in [0.2, 0.25) is 0 Å². The van der Waals surface area contributed by atoms with Gasteiger partial charge >= 0.3 is 5.97 Å². The van der Waals surface area contributed by atoms with E-state index < -0.39 is 5.97 Å². The van der Waals surface area contributed by atoms with Gasteiger partial charge in [0.1, 0.15) is 11.5 Å². The maximum Gasteiger partial charge on any atom is 0.303 e. The number of hydrogen-bond acceptors (Lipinski definition) is 3. The number of fused-ring (bicyclic) bond motifs is 1. The summed E-state index contributed by atoms with van der Waals surface area (Å²) in [6.45, 7) is 1.60. The zero-order valence-electron chi connectivity index (χ0n) is 21.3. The van der Waals surface area contributed by atoms with E-state index in [1.807, 2.05) is 6.07 Å². The molecule has 4 aliphatic rings. The van der Waals surface area contributed by atoms with Crippen LogP contribution in [0.15, 0.2) is 72.8 Å². The first-order chi connectivity index (χ1) is 17.5. The van der Waals surface area contributed by atoms with Gasteiger partial charge in [-0.25, -0.2) is 0 Å². The molecule has 0 aliphatic heterocycles. The Morgan fingerprint density at radius 1 is 0.750 bits per heavy atom. The van der Waals surface area contributed by atoms with Crippen molar-refractivity contribution in [3.8, 4) is 11.5 Å². The summed E-state index contributed by atoms with van der Waals surface area (Å²) in [5.41, 5.74) is 3.03. The Balaban J connectivity index is 0.000000191. The van der Waals surface area contributed by atoms with Gasteiger partial charge in [0.05, 0.1) is 14.2 Å². The molecule has 6 rings (SSSR count). The van der Waals surface area contributed by atoms with Crippen molar-refractivity contribution in [1.29, 1.82) is 0 Å². The van der Waals surface area contributed by atoms with Gasteiger partial charge in [-0.2, -0.15) is 0 Å². The minimum absolute atomic E-state index is 0.222. The van der Waals surface area contributed by atoms with E-state index in [4.69, 9.17) is 14.6 Å². The molecule has 36 heavy (non-hydrogen) atoms. The van der Waals surface area contributed by atoms with Crippen molar-refractivity contribution < 1.29 is 19.4 Å². The molecule has 0 heterocycles. The Hall–Kier alpha value is -3.79. The van der Waals surface area contributed by atoms with Crippen molar-refractivity contribution in [2.45, 2.75) is 45.4 Å². The molecule has 0 amide bonds. The second-order valence-electron chi connectivity index (χ2n) is 9.10. The summed E-state index contributed by atoms with van der Waals surface area (Å²) in [6.07, 6.45) is 6.50. The number of aliphatic carboxylic acids is 1. The van der Waals surface area contributed by atoms with Crippen LogP contribution in [0.1, 0.15) is 43.7 Å². The minimum Gasteiger partial charge on any atom is -0.497 e. The van der Waals surface area contributed by atoms with E-state index in [0.29, 0.717) is 0 Å². The topological polar surface area (TPSA) is 55.8 Å². The highest BCUT2D eigenvalue weighted by molar-refractivity contribution is 5.87. The smallest absolute Gasteiger partial charge is 0.303 e. The third-order valence-electron chi connectivity index (χ3n) is 6.80. The van der Waals surface area contributed by atoms with Crippen LogP contribution >= 0.6 is 0 Å². The molecule has 4 heteroatoms. The molecule has 0 atom stereocenters. The van der Waals surface area contributed by atoms with Crippen LogP contribution in [-0.4, -0.2) is 25.3 Å². The first-order valence-corrected chi connectivity index (χ1v) is 12.6. The van der Waals surface area contributed by atoms with Crippen molar-refractivity contribution >= 4 is 16.7 Å². The van der Waals surface area contributed by atoms with Crippen LogP contribution in [0, 0.1) is 20.9 Å². The number of benzene rings is 4. The standard InChI is InChI=1S/C22H22O.C7H6O.C3H6O2/c1-23-20-11-13-21-16(8-5-9-18(21)15-20)6-3-2-4-7-17-14-19-10-12-22(17)19;1-8-7-4-5-2-3-6(5)7;1-2-3(4)5/h5,8-15H,2-4,6-7H2,1H3;2-4H,1H3;2H2,1H3,(H,4,5). The van der Waals surface area contributed by atoms with E-state index in [0.717, 1.165) is 17.9 Å². The predicted molar refractivity (Wildman–Crippen MR) is 144 cm³/mol. The molecule has 0 spiro atoms. The molecule has 4 nitrogen and oxygen atoms in total. The van der Waals surface area contributed by atoms with Crippen LogP contribution < -0.4 is 9.47 Å². The number of rotatable bonds is 9. The molecule has 0 saturated carbocycles. The van der Waals surface area contributed by atoms with Crippen molar-refractivity contribution in [1.82, 2.24) is 0 Å². The predicted octanol–water partition coefficient (Wildman–Crippen LogP) is 7.18. The largest absolute Gasteiger partial charge is 0.497 e. The Labute approximate surface area is 212 Å². The molecule has 0 fully saturated rings. The van der Waals surface area contributed by atoms with Crippen molar-refractivity contribution in [3.63, 3.8) is 0 Å². The molecule has 0 unspecified atom stereocenters. The van der Waals surface area contributed by atoms with E-state index in [1.165, 1.54) is 62.9 Å². The summed E-state index contributed by atoms with van der Waals surface area (Å²) in [7, 11) is 3.42. The highest BCUT2D eigenvalue weighted by atomic mass is 16.5. The lowest BCUT2D eigenvalue weighted by Crippen LogP contribution is -1.97. The Morgan fingerprint density at radius 2 is 1.44 bits per heavy atom. The molecule has 0 saturated heterocycles. The molecule has 0 radical (unpaired) electrons. The summed E-state index contributed by atoms with van der Waals surface area (Å²) in [6, 6.07) is 25.9. The second kappa shape index (κ2) is 11.8. The summed E-state index contributed by atoms with van der Waals surface area (Å²) in [4.78, 5) is 9.37. The van der Waals surface area contributed by atoms with Crippen LogP contribution in [0.5, 0.6) is 11.5 Å². The van der Waals surface area contributed by atoms with Gasteiger partial charge in [0.25, 0.3) is 0 Å². The monoisotopic (exact) mass is 482 g/mol. The maximum atomic E-state index is 9.37. The third kappa shape index (κ3) is 5.71. The molecule has 2 aromatic rings. The van der Waals surface area contributed by atoms with Crippen LogP contribution in [-0.2, 0) is 17.6 Å². The number of carboxylic acids is 1. The van der Waals surface area contributed by atoms with Gasteiger partial charge in [0.2, 0.25) is 0 Å². The summed E-state index contributed by atoms with van der Waals surface area (Å²) >= 11 is 0. The minimum atomic E-state index is -0.745. The van der Waals surface area contributed by atoms with Gasteiger partial charge in [-0.15, -0.1) is 0 Å². The lowest BCUT2D eigenvalue weighted by Gasteiger charge is -2.11. The zero-order valence-corrected chi connectivity index (χ0v) is 21.3. The fourth-order valence-corrected chi connectivity index (χ4v) is 4.48. The van der Waals surface area contributed by atoms with Crippen LogP contribution in [0.3, 0.4) is 0 Å². The number of ether oxygens (including phenoxy) is 2. The number of aryl methyl sites for hydroxylation is 2. The highest BCUT2D eigenvalue weighted by Gasteiger charge is 2.06. The normalized spacial score (nSPS) is 11.0. The SMILES string of the molecule is CCC(=O)O.COc1cc2ccc1=2.COc1ccc2c(CCCCCc3cc4ccc3=4)cccc2c1. The van der Waals surface area contributed by atoms with Crippen molar-refractivity contribution in [2.75, 3.05) is 14.2 Å². The molecule has 2 aromatic carbocycles. The molecular weight excluding hydrogens is 448 g/mol. The lowest BCUT2D eigenvalue weighted by atomic mass is 9.94. The van der Waals surface area contributed by atoms with Gasteiger partial charge in [0, 0.05) is 11.6 Å². The van der Waals surface area contributed by atoms with Gasteiger partial charge in [-0.05, 0) is 81.4 Å². The lowest BCUT2D eigenvalue weighted by molar-refractivity contribution is -0.136. The van der Waals surface area contributed by atoms with E-state index in [-0.39, 0.29) is 6.42 Å². The molecule has 1 N–H and O–H groups in total. The summed E-state index contributed by atoms with van der Waals surface area (Å²) < 4.78 is 10.3. The molecule has 0 aromatic heterocycles. The number of hydrogen-bond donors (Lipinski definition) is 1. The van der Waals surface area contributed by atoms with Gasteiger partial charge in [-0.1, -0.05) is 67.9 Å². The average molecular weight is 483 g/mol. The van der Waals surface area contributed by atoms with E-state index >= 15 is 0 Å². The Kier molecular flexibility index (Phi) is 8.27. The Morgan fingerprint density at radius 3 is 1.92 bits per heavy atom. The van der Waals surface area contributed by atoms with E-state index in [1.54, 1.807) is 26.7 Å². The number of carbonyl (C=O) groups is 1. The number of carboxylic acid groups (broad SMARTS) is 1. The molecule has 4 aliphatic carbocycles. The summed E-state index contributed by atoms with van der Waals surface area (Å²) in [5, 5.41) is 16.0. The third-order valence-corrected chi connectivity index (χ3v) is 6.80. The van der Waals surface area contributed by atoms with Gasteiger partial charge in [-0.3, -0.25) is 4.79 Å². The number of methoxy groups -OCH3 is 2. The maximum absolute atomic E-state index is 9.37. The molecule has 0 bridgehead atoms. The van der Waals surface area contributed by atoms with Gasteiger partial charge in [0.15, 0.2) is 0 Å². The molecule has 186 valence electrons. The first-order valence-electron chi connectivity index (χ1n) is 12.6. The van der Waals surface area contributed by atoms with Crippen LogP contribution in [0.4, 0.5) is 0 Å². The quantitative estimate of drug-likeness (QED) is 0.222. The highest BCUT2D eigenvalue weighted by Crippen LogP contribution is 2.25. The first kappa shape index (κ1) is 25.3. The fraction of sp³-hybridized carbons (Fsp3) is 0.281.